The quantitative estimate of drug-likeness (QED) is 0.0303. The standard InChI is InChI=1S/C46H83NO5/c1-3-5-7-9-17-23-32-51-45(52-33-24-18-10-8-6-4-2)26-20-14-12-16-22-29-47(30-31-48)28-21-15-11-13-19-25-44(49)50-34-27-46-38-41-35-42(39-46)37-43(36-41)40-46/h5-8,41-43,45,48H,3-4,9-40H2,1-2H3/b7-5-,8-6-. The minimum Gasteiger partial charge on any atom is -0.466 e. The van der Waals surface area contributed by atoms with Gasteiger partial charge in [-0.15, -0.1) is 0 Å². The molecule has 6 heteroatoms. The van der Waals surface area contributed by atoms with E-state index in [2.05, 4.69) is 43.1 Å². The normalized spacial score (nSPS) is 22.6. The van der Waals surface area contributed by atoms with E-state index in [0.717, 1.165) is 121 Å². The fourth-order valence-electron chi connectivity index (χ4n) is 9.78. The first-order chi connectivity index (χ1) is 25.6. The van der Waals surface area contributed by atoms with Crippen LogP contribution in [0.5, 0.6) is 0 Å². The maximum Gasteiger partial charge on any atom is 0.305 e. The molecule has 6 nitrogen and oxygen atoms in total. The Labute approximate surface area is 321 Å². The predicted octanol–water partition coefficient (Wildman–Crippen LogP) is 11.7. The second-order valence-electron chi connectivity index (χ2n) is 16.9. The lowest BCUT2D eigenvalue weighted by Crippen LogP contribution is -2.46. The molecule has 0 unspecified atom stereocenters. The van der Waals surface area contributed by atoms with Crippen LogP contribution in [0, 0.1) is 23.2 Å². The maximum atomic E-state index is 12.4. The number of carbonyl (C=O) groups excluding carboxylic acids is 1. The lowest BCUT2D eigenvalue weighted by Gasteiger charge is -2.57. The van der Waals surface area contributed by atoms with Crippen LogP contribution in [0.25, 0.3) is 0 Å². The SMILES string of the molecule is CC/C=C\CCCCOC(CCCCCCCN(CCO)CCCCCCCC(=O)OCCC12CC3CC(CC(C3)C1)C2)OCCCC/C=C\CC. The summed E-state index contributed by atoms with van der Waals surface area (Å²) in [6.45, 7) is 9.74. The van der Waals surface area contributed by atoms with Crippen LogP contribution in [0.2, 0.25) is 0 Å². The molecule has 0 aromatic heterocycles. The molecule has 0 aliphatic heterocycles. The zero-order valence-corrected chi connectivity index (χ0v) is 34.2. The van der Waals surface area contributed by atoms with E-state index < -0.39 is 0 Å². The van der Waals surface area contributed by atoms with Gasteiger partial charge in [0.25, 0.3) is 0 Å². The highest BCUT2D eigenvalue weighted by atomic mass is 16.7. The van der Waals surface area contributed by atoms with Crippen LogP contribution in [0.1, 0.15) is 187 Å². The molecule has 0 atom stereocenters. The molecule has 4 rings (SSSR count). The first-order valence-corrected chi connectivity index (χ1v) is 22.6. The first-order valence-electron chi connectivity index (χ1n) is 22.6. The summed E-state index contributed by atoms with van der Waals surface area (Å²) < 4.78 is 18.1. The van der Waals surface area contributed by atoms with Gasteiger partial charge >= 0.3 is 5.97 Å². The van der Waals surface area contributed by atoms with Crippen molar-refractivity contribution >= 4 is 5.97 Å². The third-order valence-electron chi connectivity index (χ3n) is 12.2. The van der Waals surface area contributed by atoms with E-state index in [4.69, 9.17) is 14.2 Å². The van der Waals surface area contributed by atoms with Crippen LogP contribution in [-0.4, -0.2) is 68.3 Å². The molecular formula is C46H83NO5. The molecule has 0 radical (unpaired) electrons. The van der Waals surface area contributed by atoms with Crippen LogP contribution < -0.4 is 0 Å². The van der Waals surface area contributed by atoms with Gasteiger partial charge in [-0.3, -0.25) is 4.79 Å². The molecule has 0 saturated heterocycles. The summed E-state index contributed by atoms with van der Waals surface area (Å²) in [6.07, 6.45) is 41.0. The van der Waals surface area contributed by atoms with E-state index in [0.29, 0.717) is 18.4 Å². The van der Waals surface area contributed by atoms with Crippen molar-refractivity contribution in [2.45, 2.75) is 193 Å². The van der Waals surface area contributed by atoms with E-state index in [1.807, 2.05) is 0 Å². The Bertz CT molecular complexity index is 874. The highest BCUT2D eigenvalue weighted by molar-refractivity contribution is 5.69. The van der Waals surface area contributed by atoms with E-state index in [9.17, 15) is 9.90 Å². The lowest BCUT2D eigenvalue weighted by molar-refractivity contribution is -0.148. The molecule has 0 heterocycles. The minimum absolute atomic E-state index is 0.0170. The average molecular weight is 730 g/mol. The summed E-state index contributed by atoms with van der Waals surface area (Å²) in [4.78, 5) is 14.8. The van der Waals surface area contributed by atoms with Gasteiger partial charge in [0.2, 0.25) is 0 Å². The lowest BCUT2D eigenvalue weighted by atomic mass is 9.49. The topological polar surface area (TPSA) is 68.2 Å². The zero-order valence-electron chi connectivity index (χ0n) is 34.2. The van der Waals surface area contributed by atoms with Gasteiger partial charge in [0.15, 0.2) is 6.29 Å². The molecular weight excluding hydrogens is 647 g/mol. The predicted molar refractivity (Wildman–Crippen MR) is 217 cm³/mol. The Balaban J connectivity index is 1.15. The molecule has 4 fully saturated rings. The van der Waals surface area contributed by atoms with Crippen molar-refractivity contribution in [3.8, 4) is 0 Å². The Hall–Kier alpha value is -1.21. The van der Waals surface area contributed by atoms with Crippen LogP contribution in [-0.2, 0) is 19.0 Å². The van der Waals surface area contributed by atoms with Gasteiger partial charge in [-0.25, -0.2) is 0 Å². The summed E-state index contributed by atoms with van der Waals surface area (Å²) in [5.41, 5.74) is 0.504. The van der Waals surface area contributed by atoms with Crippen LogP contribution in [0.15, 0.2) is 24.3 Å². The Morgan fingerprint density at radius 1 is 0.654 bits per heavy atom. The largest absolute Gasteiger partial charge is 0.466 e. The second kappa shape index (κ2) is 29.1. The van der Waals surface area contributed by atoms with Gasteiger partial charge in [0, 0.05) is 26.2 Å². The average Bonchev–Trinajstić information content (AvgIpc) is 3.12. The number of hydrogen-bond acceptors (Lipinski definition) is 6. The van der Waals surface area contributed by atoms with Crippen molar-refractivity contribution in [1.29, 1.82) is 0 Å². The van der Waals surface area contributed by atoms with Crippen LogP contribution >= 0.6 is 0 Å². The van der Waals surface area contributed by atoms with E-state index >= 15 is 0 Å². The Morgan fingerprint density at radius 3 is 1.71 bits per heavy atom. The maximum absolute atomic E-state index is 12.4. The summed E-state index contributed by atoms with van der Waals surface area (Å²) in [5, 5.41) is 9.61. The minimum atomic E-state index is -0.0629. The number of allylic oxidation sites excluding steroid dienone is 4. The number of ether oxygens (including phenoxy) is 3. The van der Waals surface area contributed by atoms with E-state index in [1.54, 1.807) is 0 Å². The summed E-state index contributed by atoms with van der Waals surface area (Å²) in [5.74, 6) is 2.92. The van der Waals surface area contributed by atoms with Gasteiger partial charge in [0.1, 0.15) is 0 Å². The van der Waals surface area contributed by atoms with Gasteiger partial charge in [-0.05, 0) is 165 Å². The van der Waals surface area contributed by atoms with Gasteiger partial charge in [-0.1, -0.05) is 76.7 Å². The zero-order chi connectivity index (χ0) is 37.0. The molecule has 4 aliphatic rings. The van der Waals surface area contributed by atoms with Crippen molar-refractivity contribution in [2.75, 3.05) is 46.1 Å². The summed E-state index contributed by atoms with van der Waals surface area (Å²) in [6, 6.07) is 0. The molecule has 52 heavy (non-hydrogen) atoms. The number of aliphatic hydroxyl groups excluding tert-OH is 1. The third kappa shape index (κ3) is 20.5. The second-order valence-corrected chi connectivity index (χ2v) is 16.9. The number of esters is 1. The number of nitrogens with zero attached hydrogens (tertiary/aromatic N) is 1. The Kier molecular flexibility index (Phi) is 25.3. The smallest absolute Gasteiger partial charge is 0.305 e. The molecule has 302 valence electrons. The molecule has 0 amide bonds. The molecule has 4 saturated carbocycles. The number of hydrogen-bond donors (Lipinski definition) is 1. The monoisotopic (exact) mass is 730 g/mol. The highest BCUT2D eigenvalue weighted by Crippen LogP contribution is 2.61. The van der Waals surface area contributed by atoms with Crippen molar-refractivity contribution in [3.05, 3.63) is 24.3 Å². The first kappa shape index (κ1) is 45.2. The van der Waals surface area contributed by atoms with E-state index in [-0.39, 0.29) is 18.9 Å². The van der Waals surface area contributed by atoms with Crippen molar-refractivity contribution in [3.63, 3.8) is 0 Å². The fraction of sp³-hybridized carbons (Fsp3) is 0.891. The molecule has 0 spiro atoms. The van der Waals surface area contributed by atoms with Crippen molar-refractivity contribution in [2.24, 2.45) is 23.2 Å². The molecule has 0 aromatic carbocycles. The van der Waals surface area contributed by atoms with Crippen LogP contribution in [0.4, 0.5) is 0 Å². The van der Waals surface area contributed by atoms with Gasteiger partial charge < -0.3 is 24.2 Å². The van der Waals surface area contributed by atoms with Crippen molar-refractivity contribution in [1.82, 2.24) is 4.90 Å². The van der Waals surface area contributed by atoms with Crippen LogP contribution in [0.3, 0.4) is 0 Å². The molecule has 1 N–H and O–H groups in total. The number of aliphatic hydroxyl groups is 1. The molecule has 4 aliphatic carbocycles. The fourth-order valence-corrected chi connectivity index (χ4v) is 9.78. The molecule has 0 aromatic rings. The van der Waals surface area contributed by atoms with Gasteiger partial charge in [0.05, 0.1) is 13.2 Å². The molecule has 4 bridgehead atoms. The van der Waals surface area contributed by atoms with E-state index in [1.165, 1.54) is 96.3 Å². The highest BCUT2D eigenvalue weighted by Gasteiger charge is 2.50. The number of carbonyl (C=O) groups is 1. The number of unbranched alkanes of at least 4 members (excludes halogenated alkanes) is 12. The van der Waals surface area contributed by atoms with Crippen molar-refractivity contribution < 1.29 is 24.1 Å². The number of rotatable bonds is 35. The Morgan fingerprint density at radius 2 is 1.17 bits per heavy atom. The van der Waals surface area contributed by atoms with Gasteiger partial charge in [-0.2, -0.15) is 0 Å². The summed E-state index contributed by atoms with van der Waals surface area (Å²) >= 11 is 0. The third-order valence-corrected chi connectivity index (χ3v) is 12.2. The summed E-state index contributed by atoms with van der Waals surface area (Å²) in [7, 11) is 0.